The van der Waals surface area contributed by atoms with Gasteiger partial charge in [-0.3, -0.25) is 4.68 Å². The van der Waals surface area contributed by atoms with Crippen molar-refractivity contribution in [1.29, 1.82) is 0 Å². The zero-order valence-electron chi connectivity index (χ0n) is 23.7. The van der Waals surface area contributed by atoms with Crippen LogP contribution in [0.15, 0.2) is 67.1 Å². The van der Waals surface area contributed by atoms with E-state index in [2.05, 4.69) is 21.1 Å². The molecule has 1 atom stereocenters. The van der Waals surface area contributed by atoms with Crippen molar-refractivity contribution in [2.45, 2.75) is 39.4 Å². The third-order valence-corrected chi connectivity index (χ3v) is 8.31. The maximum atomic E-state index is 12.6. The van der Waals surface area contributed by atoms with Crippen LogP contribution in [0.25, 0.3) is 54.2 Å². The van der Waals surface area contributed by atoms with E-state index in [-0.39, 0.29) is 0 Å². The number of aromatic nitrogens is 5. The summed E-state index contributed by atoms with van der Waals surface area (Å²) >= 11 is 7.68. The summed E-state index contributed by atoms with van der Waals surface area (Å²) in [7, 11) is 1.91. The lowest BCUT2D eigenvalue weighted by atomic mass is 9.91. The molecule has 1 N–H and O–H groups in total. The molecule has 3 aromatic heterocycles. The summed E-state index contributed by atoms with van der Waals surface area (Å²) in [6.45, 7) is 7.44. The number of ether oxygens (including phenoxy) is 1. The Bertz CT molecular complexity index is 1980. The minimum Gasteiger partial charge on any atom is -0.479 e. The van der Waals surface area contributed by atoms with Crippen molar-refractivity contribution < 1.29 is 14.6 Å². The molecule has 0 aliphatic heterocycles. The number of thiazole rings is 1. The SMILES string of the molecule is Cc1cc2nc(-c3cc(-c4ccc5c(cnn5C)c4)ncn3)sc2c(-c2ccc(Cl)cc2)c1C(OC(C)(C)C)C(=O)O. The first-order valence-corrected chi connectivity index (χ1v) is 14.5. The summed E-state index contributed by atoms with van der Waals surface area (Å²) in [6.07, 6.45) is 2.19. The van der Waals surface area contributed by atoms with Crippen LogP contribution in [-0.4, -0.2) is 41.4 Å². The second-order valence-electron chi connectivity index (χ2n) is 11.1. The second-order valence-corrected chi connectivity index (χ2v) is 12.6. The van der Waals surface area contributed by atoms with Crippen molar-refractivity contribution in [3.63, 3.8) is 0 Å². The summed E-state index contributed by atoms with van der Waals surface area (Å²) in [5, 5.41) is 17.0. The van der Waals surface area contributed by atoms with E-state index in [0.717, 1.165) is 49.1 Å². The van der Waals surface area contributed by atoms with Gasteiger partial charge in [-0.1, -0.05) is 29.8 Å². The highest BCUT2D eigenvalue weighted by atomic mass is 35.5. The van der Waals surface area contributed by atoms with Gasteiger partial charge in [-0.25, -0.2) is 19.7 Å². The molecule has 0 amide bonds. The molecule has 3 heterocycles. The zero-order chi connectivity index (χ0) is 29.8. The molecular weight excluding hydrogens is 570 g/mol. The summed E-state index contributed by atoms with van der Waals surface area (Å²) in [4.78, 5) is 26.6. The molecule has 212 valence electrons. The fraction of sp³-hybridized carbons (Fsp3) is 0.219. The van der Waals surface area contributed by atoms with E-state index in [9.17, 15) is 9.90 Å². The standard InChI is InChI=1S/C32H28ClN5O3S/c1-17-12-23-29(27(18-6-9-21(33)10-7-18)26(17)28(31(39)40)41-32(2,3)4)42-30(37-23)24-14-22(34-16-35-24)19-8-11-25-20(13-19)15-36-38(25)5/h6-16,28H,1-5H3,(H,39,40). The smallest absolute Gasteiger partial charge is 0.337 e. The van der Waals surface area contributed by atoms with E-state index in [0.29, 0.717) is 21.3 Å². The molecule has 42 heavy (non-hydrogen) atoms. The molecule has 0 saturated carbocycles. The van der Waals surface area contributed by atoms with Crippen LogP contribution in [-0.2, 0) is 16.6 Å². The molecular formula is C32H28ClN5O3S. The number of benzene rings is 3. The Morgan fingerprint density at radius 3 is 2.45 bits per heavy atom. The van der Waals surface area contributed by atoms with Gasteiger partial charge in [0.15, 0.2) is 6.10 Å². The summed E-state index contributed by atoms with van der Waals surface area (Å²) in [5.41, 5.74) is 6.45. The van der Waals surface area contributed by atoms with Gasteiger partial charge in [-0.2, -0.15) is 5.10 Å². The van der Waals surface area contributed by atoms with Gasteiger partial charge in [0, 0.05) is 34.1 Å². The number of aliphatic carboxylic acids is 1. The lowest BCUT2D eigenvalue weighted by Gasteiger charge is -2.28. The van der Waals surface area contributed by atoms with Gasteiger partial charge in [0.05, 0.1) is 33.2 Å². The summed E-state index contributed by atoms with van der Waals surface area (Å²) < 4.78 is 8.80. The van der Waals surface area contributed by atoms with Gasteiger partial charge in [0.1, 0.15) is 17.0 Å². The van der Waals surface area contributed by atoms with Gasteiger partial charge in [0.25, 0.3) is 0 Å². The number of aryl methyl sites for hydroxylation is 2. The van der Waals surface area contributed by atoms with Crippen LogP contribution in [0, 0.1) is 6.92 Å². The predicted molar refractivity (Wildman–Crippen MR) is 167 cm³/mol. The van der Waals surface area contributed by atoms with Crippen LogP contribution in [0.4, 0.5) is 0 Å². The largest absolute Gasteiger partial charge is 0.479 e. The Labute approximate surface area is 251 Å². The molecule has 10 heteroatoms. The lowest BCUT2D eigenvalue weighted by molar-refractivity contribution is -0.160. The van der Waals surface area contributed by atoms with E-state index in [1.807, 2.05) is 82.0 Å². The van der Waals surface area contributed by atoms with Crippen LogP contribution < -0.4 is 0 Å². The number of rotatable bonds is 6. The number of carbonyl (C=O) groups is 1. The Morgan fingerprint density at radius 1 is 1.02 bits per heavy atom. The molecule has 0 spiro atoms. The fourth-order valence-electron chi connectivity index (χ4n) is 5.10. The van der Waals surface area contributed by atoms with Crippen LogP contribution >= 0.6 is 22.9 Å². The molecule has 8 nitrogen and oxygen atoms in total. The minimum atomic E-state index is -1.18. The number of fused-ring (bicyclic) bond motifs is 2. The van der Waals surface area contributed by atoms with Crippen LogP contribution in [0.1, 0.15) is 38.0 Å². The maximum absolute atomic E-state index is 12.6. The van der Waals surface area contributed by atoms with Crippen molar-refractivity contribution in [2.24, 2.45) is 7.05 Å². The Morgan fingerprint density at radius 2 is 1.74 bits per heavy atom. The molecule has 0 saturated heterocycles. The van der Waals surface area contributed by atoms with Gasteiger partial charge in [-0.05, 0) is 75.2 Å². The average molecular weight is 598 g/mol. The molecule has 0 radical (unpaired) electrons. The minimum absolute atomic E-state index is 0.591. The molecule has 0 aliphatic carbocycles. The number of nitrogens with zero attached hydrogens (tertiary/aromatic N) is 5. The highest BCUT2D eigenvalue weighted by Crippen LogP contribution is 2.44. The number of carboxylic acids is 1. The van der Waals surface area contributed by atoms with E-state index >= 15 is 0 Å². The van der Waals surface area contributed by atoms with Crippen molar-refractivity contribution in [3.8, 4) is 33.1 Å². The molecule has 0 aliphatic rings. The molecule has 6 aromatic rings. The third kappa shape index (κ3) is 5.27. The average Bonchev–Trinajstić information content (AvgIpc) is 3.54. The Hall–Kier alpha value is -4.18. The maximum Gasteiger partial charge on any atom is 0.337 e. The lowest BCUT2D eigenvalue weighted by Crippen LogP contribution is -2.28. The number of hydrogen-bond acceptors (Lipinski definition) is 7. The van der Waals surface area contributed by atoms with E-state index in [1.165, 1.54) is 11.3 Å². The topological polar surface area (TPSA) is 103 Å². The summed E-state index contributed by atoms with van der Waals surface area (Å²) in [5.74, 6) is -1.06. The van der Waals surface area contributed by atoms with E-state index in [1.54, 1.807) is 18.5 Å². The number of hydrogen-bond donors (Lipinski definition) is 1. The highest BCUT2D eigenvalue weighted by molar-refractivity contribution is 7.22. The number of carboxylic acid groups (broad SMARTS) is 1. The highest BCUT2D eigenvalue weighted by Gasteiger charge is 2.32. The fourth-order valence-corrected chi connectivity index (χ4v) is 6.32. The zero-order valence-corrected chi connectivity index (χ0v) is 25.3. The van der Waals surface area contributed by atoms with Gasteiger partial charge in [-0.15, -0.1) is 11.3 Å². The monoisotopic (exact) mass is 597 g/mol. The second kappa shape index (κ2) is 10.6. The molecule has 0 bridgehead atoms. The predicted octanol–water partition coefficient (Wildman–Crippen LogP) is 7.88. The van der Waals surface area contributed by atoms with E-state index < -0.39 is 17.7 Å². The van der Waals surface area contributed by atoms with Gasteiger partial charge in [0.2, 0.25) is 0 Å². The summed E-state index contributed by atoms with van der Waals surface area (Å²) in [6, 6.07) is 17.3. The first-order valence-electron chi connectivity index (χ1n) is 13.3. The van der Waals surface area contributed by atoms with Crippen molar-refractivity contribution in [1.82, 2.24) is 24.7 Å². The number of halogens is 1. The van der Waals surface area contributed by atoms with Gasteiger partial charge >= 0.3 is 5.97 Å². The normalized spacial score (nSPS) is 12.7. The Balaban J connectivity index is 1.53. The van der Waals surface area contributed by atoms with E-state index in [4.69, 9.17) is 21.3 Å². The molecule has 0 fully saturated rings. The van der Waals surface area contributed by atoms with Crippen LogP contribution in [0.3, 0.4) is 0 Å². The first kappa shape index (κ1) is 28.0. The van der Waals surface area contributed by atoms with Crippen molar-refractivity contribution in [2.75, 3.05) is 0 Å². The molecule has 1 unspecified atom stereocenters. The van der Waals surface area contributed by atoms with Gasteiger partial charge < -0.3 is 9.84 Å². The van der Waals surface area contributed by atoms with Crippen molar-refractivity contribution in [3.05, 3.63) is 83.3 Å². The van der Waals surface area contributed by atoms with Crippen molar-refractivity contribution >= 4 is 50.0 Å². The molecule has 6 rings (SSSR count). The first-order chi connectivity index (χ1) is 20.0. The third-order valence-electron chi connectivity index (χ3n) is 6.95. The quantitative estimate of drug-likeness (QED) is 0.208. The Kier molecular flexibility index (Phi) is 7.04. The van der Waals surface area contributed by atoms with Crippen LogP contribution in [0.2, 0.25) is 5.02 Å². The molecule has 3 aromatic carbocycles. The van der Waals surface area contributed by atoms with Crippen LogP contribution in [0.5, 0.6) is 0 Å².